The maximum Gasteiger partial charge on any atom is 0.255 e. The highest BCUT2D eigenvalue weighted by molar-refractivity contribution is 6.06. The number of rotatable bonds is 3. The number of carbonyl (C=O) groups excluding carboxylic acids is 1. The van der Waals surface area contributed by atoms with Crippen LogP contribution >= 0.6 is 0 Å². The molecule has 1 aromatic heterocycles. The first kappa shape index (κ1) is 18.8. The normalized spacial score (nSPS) is 11.0. The Labute approximate surface area is 179 Å². The molecule has 1 amide bonds. The van der Waals surface area contributed by atoms with E-state index in [4.69, 9.17) is 5.73 Å². The monoisotopic (exact) mass is 404 g/mol. The molecule has 31 heavy (non-hydrogen) atoms. The Morgan fingerprint density at radius 2 is 1.71 bits per heavy atom. The number of hydrogen-bond acceptors (Lipinski definition) is 4. The van der Waals surface area contributed by atoms with E-state index in [2.05, 4.69) is 21.4 Å². The molecule has 0 saturated carbocycles. The topological polar surface area (TPSA) is 80.9 Å². The molecule has 5 aromatic rings. The van der Waals surface area contributed by atoms with Crippen LogP contribution in [0.5, 0.6) is 0 Å². The third kappa shape index (κ3) is 3.69. The van der Waals surface area contributed by atoms with E-state index in [1.54, 1.807) is 6.20 Å². The lowest BCUT2D eigenvalue weighted by Gasteiger charge is -2.11. The molecular weight excluding hydrogens is 384 g/mol. The van der Waals surface area contributed by atoms with Crippen LogP contribution in [0.3, 0.4) is 0 Å². The molecule has 0 spiro atoms. The highest BCUT2D eigenvalue weighted by Crippen LogP contribution is 2.28. The molecule has 0 aliphatic carbocycles. The average molecular weight is 404 g/mol. The highest BCUT2D eigenvalue weighted by atomic mass is 16.1. The molecule has 5 rings (SSSR count). The number of anilines is 2. The summed E-state index contributed by atoms with van der Waals surface area (Å²) in [5.74, 6) is 0.109. The number of fused-ring (bicyclic) bond motifs is 2. The summed E-state index contributed by atoms with van der Waals surface area (Å²) < 4.78 is 0. The lowest BCUT2D eigenvalue weighted by atomic mass is 9.97. The zero-order valence-corrected chi connectivity index (χ0v) is 17.0. The minimum absolute atomic E-state index is 0.145. The van der Waals surface area contributed by atoms with E-state index < -0.39 is 0 Å². The zero-order chi connectivity index (χ0) is 21.4. The van der Waals surface area contributed by atoms with Crippen molar-refractivity contribution >= 4 is 39.2 Å². The quantitative estimate of drug-likeness (QED) is 0.410. The summed E-state index contributed by atoms with van der Waals surface area (Å²) in [6, 6.07) is 25.7. The first-order chi connectivity index (χ1) is 15.1. The fourth-order valence-corrected chi connectivity index (χ4v) is 3.76. The third-order valence-electron chi connectivity index (χ3n) is 5.42. The Morgan fingerprint density at radius 1 is 0.871 bits per heavy atom. The number of aromatic nitrogens is 2. The first-order valence-corrected chi connectivity index (χ1v) is 10.0. The second-order valence-corrected chi connectivity index (χ2v) is 7.55. The third-order valence-corrected chi connectivity index (χ3v) is 5.42. The van der Waals surface area contributed by atoms with E-state index in [9.17, 15) is 4.79 Å². The van der Waals surface area contributed by atoms with E-state index in [0.29, 0.717) is 5.56 Å². The summed E-state index contributed by atoms with van der Waals surface area (Å²) in [5, 5.41) is 6.14. The minimum Gasteiger partial charge on any atom is -0.368 e. The fraction of sp³-hybridized carbons (Fsp3) is 0.0385. The van der Waals surface area contributed by atoms with Crippen LogP contribution < -0.4 is 11.1 Å². The van der Waals surface area contributed by atoms with Crippen LogP contribution in [0.1, 0.15) is 15.9 Å². The molecule has 3 N–H and O–H groups in total. The van der Waals surface area contributed by atoms with E-state index in [1.165, 1.54) is 0 Å². The van der Waals surface area contributed by atoms with Crippen molar-refractivity contribution in [3.8, 4) is 11.1 Å². The Bertz CT molecular complexity index is 1460. The lowest BCUT2D eigenvalue weighted by Crippen LogP contribution is -2.12. The van der Waals surface area contributed by atoms with Crippen LogP contribution in [-0.4, -0.2) is 15.9 Å². The Morgan fingerprint density at radius 3 is 2.58 bits per heavy atom. The SMILES string of the molecule is Cc1ccc(C(=O)Nc2ccc3ccccc3c2)cc1-c1ccc2nc(N)ncc2c1. The molecule has 0 aliphatic rings. The van der Waals surface area contributed by atoms with Gasteiger partial charge in [0.1, 0.15) is 0 Å². The maximum absolute atomic E-state index is 12.9. The second kappa shape index (κ2) is 7.54. The van der Waals surface area contributed by atoms with Crippen LogP contribution in [0, 0.1) is 6.92 Å². The van der Waals surface area contributed by atoms with E-state index in [-0.39, 0.29) is 11.9 Å². The van der Waals surface area contributed by atoms with Gasteiger partial charge in [-0.2, -0.15) is 0 Å². The molecule has 5 heteroatoms. The van der Waals surface area contributed by atoms with E-state index >= 15 is 0 Å². The van der Waals surface area contributed by atoms with Gasteiger partial charge in [0, 0.05) is 22.8 Å². The minimum atomic E-state index is -0.145. The molecule has 0 radical (unpaired) electrons. The van der Waals surface area contributed by atoms with Crippen molar-refractivity contribution in [1.82, 2.24) is 9.97 Å². The number of nitrogens with one attached hydrogen (secondary N) is 1. The van der Waals surface area contributed by atoms with Crippen LogP contribution in [0.25, 0.3) is 32.8 Å². The van der Waals surface area contributed by atoms with E-state index in [0.717, 1.165) is 44.1 Å². The highest BCUT2D eigenvalue weighted by Gasteiger charge is 2.11. The number of benzene rings is 4. The van der Waals surface area contributed by atoms with Gasteiger partial charge in [-0.15, -0.1) is 0 Å². The number of hydrogen-bond donors (Lipinski definition) is 2. The summed E-state index contributed by atoms with van der Waals surface area (Å²) >= 11 is 0. The first-order valence-electron chi connectivity index (χ1n) is 10.0. The second-order valence-electron chi connectivity index (χ2n) is 7.55. The van der Waals surface area contributed by atoms with Gasteiger partial charge in [0.15, 0.2) is 0 Å². The van der Waals surface area contributed by atoms with Gasteiger partial charge in [-0.25, -0.2) is 9.97 Å². The van der Waals surface area contributed by atoms with Gasteiger partial charge in [0.25, 0.3) is 5.91 Å². The fourth-order valence-electron chi connectivity index (χ4n) is 3.76. The number of carbonyl (C=O) groups is 1. The Hall–Kier alpha value is -4.25. The van der Waals surface area contributed by atoms with Gasteiger partial charge in [-0.3, -0.25) is 4.79 Å². The van der Waals surface area contributed by atoms with Crippen LogP contribution in [0.4, 0.5) is 11.6 Å². The maximum atomic E-state index is 12.9. The Kier molecular flexibility index (Phi) is 4.56. The molecular formula is C26H20N4O. The smallest absolute Gasteiger partial charge is 0.255 e. The number of amides is 1. The summed E-state index contributed by atoms with van der Waals surface area (Å²) in [6.07, 6.45) is 1.72. The van der Waals surface area contributed by atoms with Gasteiger partial charge < -0.3 is 11.1 Å². The van der Waals surface area contributed by atoms with Crippen molar-refractivity contribution in [2.24, 2.45) is 0 Å². The van der Waals surface area contributed by atoms with Crippen molar-refractivity contribution in [1.29, 1.82) is 0 Å². The van der Waals surface area contributed by atoms with Gasteiger partial charge in [0.05, 0.1) is 5.52 Å². The predicted octanol–water partition coefficient (Wildman–Crippen LogP) is 5.59. The number of nitrogens with two attached hydrogens (primary N) is 1. The molecule has 150 valence electrons. The van der Waals surface area contributed by atoms with Crippen molar-refractivity contribution in [3.63, 3.8) is 0 Å². The molecule has 5 nitrogen and oxygen atoms in total. The Balaban J connectivity index is 1.47. The van der Waals surface area contributed by atoms with Gasteiger partial charge in [-0.1, -0.05) is 42.5 Å². The number of nitrogens with zero attached hydrogens (tertiary/aromatic N) is 2. The average Bonchev–Trinajstić information content (AvgIpc) is 2.79. The molecule has 4 aromatic carbocycles. The molecule has 0 unspecified atom stereocenters. The predicted molar refractivity (Wildman–Crippen MR) is 126 cm³/mol. The molecule has 1 heterocycles. The van der Waals surface area contributed by atoms with E-state index in [1.807, 2.05) is 79.7 Å². The largest absolute Gasteiger partial charge is 0.368 e. The lowest BCUT2D eigenvalue weighted by molar-refractivity contribution is 0.102. The molecule has 0 saturated heterocycles. The summed E-state index contributed by atoms with van der Waals surface area (Å²) in [4.78, 5) is 21.3. The van der Waals surface area contributed by atoms with Crippen LogP contribution in [0.15, 0.2) is 85.1 Å². The summed E-state index contributed by atoms with van der Waals surface area (Å²) in [7, 11) is 0. The summed E-state index contributed by atoms with van der Waals surface area (Å²) in [5.41, 5.74) is 10.9. The van der Waals surface area contributed by atoms with Crippen LogP contribution in [0.2, 0.25) is 0 Å². The van der Waals surface area contributed by atoms with Gasteiger partial charge in [-0.05, 0) is 70.8 Å². The molecule has 0 fully saturated rings. The number of aryl methyl sites for hydroxylation is 1. The number of nitrogen functional groups attached to an aromatic ring is 1. The zero-order valence-electron chi connectivity index (χ0n) is 17.0. The standard InChI is InChI=1S/C26H20N4O/c1-16-6-7-20(25(31)29-22-10-8-17-4-2-3-5-18(17)13-22)14-23(16)19-9-11-24-21(12-19)15-28-26(27)30-24/h2-15H,1H3,(H,29,31)(H2,27,28,30). The molecule has 0 aliphatic heterocycles. The van der Waals surface area contributed by atoms with Crippen molar-refractivity contribution in [2.45, 2.75) is 6.92 Å². The molecule has 0 bridgehead atoms. The molecule has 0 atom stereocenters. The van der Waals surface area contributed by atoms with Crippen molar-refractivity contribution in [3.05, 3.63) is 96.2 Å². The van der Waals surface area contributed by atoms with Gasteiger partial charge in [0.2, 0.25) is 5.95 Å². The summed E-state index contributed by atoms with van der Waals surface area (Å²) in [6.45, 7) is 2.03. The van der Waals surface area contributed by atoms with Gasteiger partial charge >= 0.3 is 0 Å². The van der Waals surface area contributed by atoms with Crippen LogP contribution in [-0.2, 0) is 0 Å². The van der Waals surface area contributed by atoms with Crippen molar-refractivity contribution < 1.29 is 4.79 Å². The van der Waals surface area contributed by atoms with Crippen molar-refractivity contribution in [2.75, 3.05) is 11.1 Å².